The third-order valence-corrected chi connectivity index (χ3v) is 1.15. The van der Waals surface area contributed by atoms with Crippen LogP contribution in [-0.4, -0.2) is 17.9 Å². The number of hydrogen-bond donors (Lipinski definition) is 0. The minimum absolute atomic E-state index is 0.390. The van der Waals surface area contributed by atoms with Crippen LogP contribution in [0.3, 0.4) is 0 Å². The van der Waals surface area contributed by atoms with Gasteiger partial charge in [0.2, 0.25) is 5.91 Å². The Hall–Kier alpha value is -0.180. The maximum Gasteiger partial charge on any atom is 0.239 e. The first kappa shape index (κ1) is 6.82. The van der Waals surface area contributed by atoms with Crippen LogP contribution in [0.25, 0.3) is 0 Å². The molecule has 0 aromatic heterocycles. The first-order valence-electron chi connectivity index (χ1n) is 2.00. The molecule has 0 unspecified atom stereocenters. The molecule has 0 bridgehead atoms. The largest absolute Gasteiger partial charge is 0.273 e. The van der Waals surface area contributed by atoms with Gasteiger partial charge >= 0.3 is 0 Å². The van der Waals surface area contributed by atoms with Crippen molar-refractivity contribution in [3.63, 3.8) is 0 Å². The molecule has 2 nitrogen and oxygen atoms in total. The molecule has 0 aromatic rings. The number of nitrogens with one attached hydrogen (secondary N) is 1. The number of hydrogen-bond acceptors (Lipinski definition) is 2. The first-order chi connectivity index (χ1) is 3.27. The van der Waals surface area contributed by atoms with Crippen molar-refractivity contribution in [3.05, 3.63) is 0 Å². The van der Waals surface area contributed by atoms with Gasteiger partial charge in [-0.1, -0.05) is 0 Å². The van der Waals surface area contributed by atoms with E-state index in [4.69, 9.17) is 5.73 Å². The lowest BCUT2D eigenvalue weighted by Crippen LogP contribution is -1.97. The van der Waals surface area contributed by atoms with Gasteiger partial charge in [0, 0.05) is 12.2 Å². The molecule has 0 aromatic carbocycles. The van der Waals surface area contributed by atoms with Gasteiger partial charge in [-0.2, -0.15) is 11.8 Å². The number of carbonyl (C=O) groups is 1. The molecule has 0 heterocycles. The van der Waals surface area contributed by atoms with Gasteiger partial charge in [-0.05, 0) is 6.26 Å². The fraction of sp³-hybridized carbons (Fsp3) is 0.750. The zero-order valence-corrected chi connectivity index (χ0v) is 5.05. The molecule has 3 heteroatoms. The van der Waals surface area contributed by atoms with Crippen molar-refractivity contribution in [1.82, 2.24) is 5.73 Å². The van der Waals surface area contributed by atoms with Crippen molar-refractivity contribution in [2.45, 2.75) is 6.42 Å². The molecule has 1 radical (unpaired) electrons. The molecule has 0 aliphatic heterocycles. The zero-order valence-electron chi connectivity index (χ0n) is 4.23. The Kier molecular flexibility index (Phi) is 3.89. The molecule has 41 valence electrons. The Morgan fingerprint density at radius 3 is 2.57 bits per heavy atom. The lowest BCUT2D eigenvalue weighted by atomic mass is 10.5. The molecule has 7 heavy (non-hydrogen) atoms. The summed E-state index contributed by atoms with van der Waals surface area (Å²) in [5.41, 5.74) is 6.43. The minimum Gasteiger partial charge on any atom is -0.273 e. The van der Waals surface area contributed by atoms with Crippen LogP contribution in [-0.2, 0) is 4.79 Å². The van der Waals surface area contributed by atoms with Gasteiger partial charge in [-0.3, -0.25) is 10.5 Å². The highest BCUT2D eigenvalue weighted by Crippen LogP contribution is 1.93. The van der Waals surface area contributed by atoms with Crippen LogP contribution in [0, 0.1) is 0 Å². The summed E-state index contributed by atoms with van der Waals surface area (Å²) in [6.07, 6.45) is 2.31. The van der Waals surface area contributed by atoms with Crippen molar-refractivity contribution in [1.29, 1.82) is 0 Å². The van der Waals surface area contributed by atoms with Crippen LogP contribution in [0.2, 0.25) is 0 Å². The quantitative estimate of drug-likeness (QED) is 0.543. The maximum absolute atomic E-state index is 9.86. The highest BCUT2D eigenvalue weighted by molar-refractivity contribution is 7.98. The monoisotopic (exact) mass is 118 g/mol. The lowest BCUT2D eigenvalue weighted by Gasteiger charge is -1.85. The summed E-state index contributed by atoms with van der Waals surface area (Å²) in [6, 6.07) is 0. The molecule has 0 aliphatic rings. The molecule has 0 spiro atoms. The second-order valence-corrected chi connectivity index (χ2v) is 2.15. The zero-order chi connectivity index (χ0) is 5.70. The smallest absolute Gasteiger partial charge is 0.239 e. The molecule has 0 rings (SSSR count). The third-order valence-electron chi connectivity index (χ3n) is 0.533. The molecular formula is C4H8NOS. The summed E-state index contributed by atoms with van der Waals surface area (Å²) in [4.78, 5) is 9.86. The van der Waals surface area contributed by atoms with E-state index in [0.717, 1.165) is 5.75 Å². The Balaban J connectivity index is 2.82. The number of amides is 1. The van der Waals surface area contributed by atoms with E-state index >= 15 is 0 Å². The van der Waals surface area contributed by atoms with Crippen molar-refractivity contribution >= 4 is 17.7 Å². The SMILES string of the molecule is CSCCC([NH])=O. The summed E-state index contributed by atoms with van der Waals surface area (Å²) >= 11 is 1.59. The van der Waals surface area contributed by atoms with Gasteiger partial charge in [0.15, 0.2) is 0 Å². The van der Waals surface area contributed by atoms with Gasteiger partial charge in [-0.25, -0.2) is 0 Å². The van der Waals surface area contributed by atoms with Gasteiger partial charge < -0.3 is 0 Å². The normalized spacial score (nSPS) is 8.71. The van der Waals surface area contributed by atoms with Gasteiger partial charge in [0.05, 0.1) is 0 Å². The predicted octanol–water partition coefficient (Wildman–Crippen LogP) is 0.549. The lowest BCUT2D eigenvalue weighted by molar-refractivity contribution is -0.118. The van der Waals surface area contributed by atoms with Crippen LogP contribution in [0.1, 0.15) is 6.42 Å². The van der Waals surface area contributed by atoms with Crippen molar-refractivity contribution in [2.75, 3.05) is 12.0 Å². The topological polar surface area (TPSA) is 40.9 Å². The van der Waals surface area contributed by atoms with Gasteiger partial charge in [-0.15, -0.1) is 0 Å². The van der Waals surface area contributed by atoms with E-state index in [1.807, 2.05) is 6.26 Å². The molecule has 0 fully saturated rings. The van der Waals surface area contributed by atoms with Crippen LogP contribution in [0.5, 0.6) is 0 Å². The predicted molar refractivity (Wildman–Crippen MR) is 31.1 cm³/mol. The van der Waals surface area contributed by atoms with Crippen molar-refractivity contribution in [2.24, 2.45) is 0 Å². The highest BCUT2D eigenvalue weighted by atomic mass is 32.2. The maximum atomic E-state index is 9.86. The number of rotatable bonds is 3. The van der Waals surface area contributed by atoms with Crippen LogP contribution in [0.4, 0.5) is 0 Å². The number of thioether (sulfide) groups is 1. The van der Waals surface area contributed by atoms with E-state index in [1.165, 1.54) is 0 Å². The fourth-order valence-corrected chi connectivity index (χ4v) is 0.584. The average Bonchev–Trinajstić information content (AvgIpc) is 1.61. The Morgan fingerprint density at radius 2 is 2.43 bits per heavy atom. The average molecular weight is 118 g/mol. The van der Waals surface area contributed by atoms with E-state index in [2.05, 4.69) is 0 Å². The van der Waals surface area contributed by atoms with Crippen molar-refractivity contribution < 1.29 is 4.79 Å². The van der Waals surface area contributed by atoms with Crippen LogP contribution in [0.15, 0.2) is 0 Å². The van der Waals surface area contributed by atoms with Gasteiger partial charge in [0.25, 0.3) is 0 Å². The molecule has 0 aliphatic carbocycles. The summed E-state index contributed by atoms with van der Waals surface area (Å²) < 4.78 is 0. The third kappa shape index (κ3) is 5.82. The van der Waals surface area contributed by atoms with Crippen molar-refractivity contribution in [3.8, 4) is 0 Å². The second kappa shape index (κ2) is 3.99. The molecule has 0 saturated heterocycles. The standard InChI is InChI=1S/C4H8NOS/c1-7-3-2-4(5)6/h5H,2-3H2,1H3. The number of carbonyl (C=O) groups excluding carboxylic acids is 1. The Morgan fingerprint density at radius 1 is 1.86 bits per heavy atom. The second-order valence-electron chi connectivity index (χ2n) is 1.17. The van der Waals surface area contributed by atoms with E-state index < -0.39 is 5.91 Å². The summed E-state index contributed by atoms with van der Waals surface area (Å²) in [5, 5.41) is 0. The minimum atomic E-state index is -0.464. The Labute approximate surface area is 47.5 Å². The molecule has 1 amide bonds. The van der Waals surface area contributed by atoms with Crippen LogP contribution < -0.4 is 5.73 Å². The molecule has 1 N–H and O–H groups in total. The fourth-order valence-electron chi connectivity index (χ4n) is 0.195. The molecular weight excluding hydrogens is 110 g/mol. The van der Waals surface area contributed by atoms with E-state index in [0.29, 0.717) is 6.42 Å². The van der Waals surface area contributed by atoms with E-state index in [1.54, 1.807) is 11.8 Å². The molecule has 0 saturated carbocycles. The first-order valence-corrected chi connectivity index (χ1v) is 3.40. The summed E-state index contributed by atoms with van der Waals surface area (Å²) in [6.45, 7) is 0. The van der Waals surface area contributed by atoms with E-state index in [9.17, 15) is 4.79 Å². The van der Waals surface area contributed by atoms with Gasteiger partial charge in [0.1, 0.15) is 0 Å². The Bertz CT molecular complexity index is 64.7. The van der Waals surface area contributed by atoms with Crippen LogP contribution >= 0.6 is 11.8 Å². The molecule has 0 atom stereocenters. The highest BCUT2D eigenvalue weighted by Gasteiger charge is 1.89. The summed E-state index contributed by atoms with van der Waals surface area (Å²) in [7, 11) is 0. The summed E-state index contributed by atoms with van der Waals surface area (Å²) in [5.74, 6) is 0.317. The van der Waals surface area contributed by atoms with E-state index in [-0.39, 0.29) is 0 Å².